The van der Waals surface area contributed by atoms with E-state index in [2.05, 4.69) is 23.6 Å². The molecule has 19 heavy (non-hydrogen) atoms. The Morgan fingerprint density at radius 2 is 1.74 bits per heavy atom. The zero-order chi connectivity index (χ0) is 14.0. The van der Waals surface area contributed by atoms with Gasteiger partial charge in [-0.3, -0.25) is 4.90 Å². The van der Waals surface area contributed by atoms with Crippen LogP contribution in [0.2, 0.25) is 0 Å². The number of rotatable bonds is 3. The third kappa shape index (κ3) is 3.07. The van der Waals surface area contributed by atoms with Crippen LogP contribution >= 0.6 is 0 Å². The smallest absolute Gasteiger partial charge is 0.146 e. The Morgan fingerprint density at radius 1 is 1.11 bits per heavy atom. The van der Waals surface area contributed by atoms with Crippen molar-refractivity contribution in [1.82, 2.24) is 4.90 Å². The van der Waals surface area contributed by atoms with Crippen LogP contribution in [0.4, 0.5) is 10.1 Å². The maximum Gasteiger partial charge on any atom is 0.146 e. The molecule has 1 aromatic carbocycles. The first-order chi connectivity index (χ1) is 9.00. The van der Waals surface area contributed by atoms with Gasteiger partial charge in [0.2, 0.25) is 0 Å². The minimum Gasteiger partial charge on any atom is -0.366 e. The fourth-order valence-corrected chi connectivity index (χ4v) is 2.69. The van der Waals surface area contributed by atoms with Gasteiger partial charge in [-0.2, -0.15) is 0 Å². The van der Waals surface area contributed by atoms with E-state index in [-0.39, 0.29) is 11.9 Å². The van der Waals surface area contributed by atoms with Crippen LogP contribution in [-0.4, -0.2) is 37.1 Å². The summed E-state index contributed by atoms with van der Waals surface area (Å²) in [6.45, 7) is 9.98. The van der Waals surface area contributed by atoms with Crippen molar-refractivity contribution in [1.29, 1.82) is 0 Å². The third-order valence-corrected chi connectivity index (χ3v) is 3.87. The maximum absolute atomic E-state index is 14.1. The van der Waals surface area contributed by atoms with E-state index in [1.807, 2.05) is 13.0 Å². The SMILES string of the molecule is CC(C)N1CCN(c2c(F)cccc2[C@@H](C)N)CC1. The van der Waals surface area contributed by atoms with Gasteiger partial charge in [-0.05, 0) is 32.4 Å². The van der Waals surface area contributed by atoms with Crippen molar-refractivity contribution in [2.24, 2.45) is 5.73 Å². The van der Waals surface area contributed by atoms with E-state index < -0.39 is 0 Å². The standard InChI is InChI=1S/C15H24FN3/c1-11(2)18-7-9-19(10-8-18)15-13(12(3)17)5-4-6-14(15)16/h4-6,11-12H,7-10,17H2,1-3H3/t12-/m1/s1. The number of hydrogen-bond acceptors (Lipinski definition) is 3. The van der Waals surface area contributed by atoms with Crippen molar-refractivity contribution < 1.29 is 4.39 Å². The van der Waals surface area contributed by atoms with Crippen molar-refractivity contribution in [3.63, 3.8) is 0 Å². The number of nitrogens with zero attached hydrogens (tertiary/aromatic N) is 2. The first-order valence-corrected chi connectivity index (χ1v) is 7.03. The van der Waals surface area contributed by atoms with Crippen LogP contribution < -0.4 is 10.6 Å². The summed E-state index contributed by atoms with van der Waals surface area (Å²) in [5, 5.41) is 0. The fourth-order valence-electron chi connectivity index (χ4n) is 2.69. The number of halogens is 1. The third-order valence-electron chi connectivity index (χ3n) is 3.87. The summed E-state index contributed by atoms with van der Waals surface area (Å²) in [5.74, 6) is -0.159. The number of benzene rings is 1. The quantitative estimate of drug-likeness (QED) is 0.910. The largest absolute Gasteiger partial charge is 0.366 e. The van der Waals surface area contributed by atoms with Gasteiger partial charge in [0.15, 0.2) is 0 Å². The van der Waals surface area contributed by atoms with E-state index >= 15 is 0 Å². The molecule has 0 aromatic heterocycles. The second kappa shape index (κ2) is 5.88. The number of para-hydroxylation sites is 1. The maximum atomic E-state index is 14.1. The predicted molar refractivity (Wildman–Crippen MR) is 77.9 cm³/mol. The molecular weight excluding hydrogens is 241 g/mol. The van der Waals surface area contributed by atoms with Crippen LogP contribution in [0.3, 0.4) is 0 Å². The minimum atomic E-state index is -0.159. The van der Waals surface area contributed by atoms with Gasteiger partial charge < -0.3 is 10.6 Å². The van der Waals surface area contributed by atoms with Gasteiger partial charge in [-0.15, -0.1) is 0 Å². The summed E-state index contributed by atoms with van der Waals surface area (Å²) < 4.78 is 14.1. The molecule has 4 heteroatoms. The van der Waals surface area contributed by atoms with E-state index in [0.717, 1.165) is 31.7 Å². The van der Waals surface area contributed by atoms with E-state index in [4.69, 9.17) is 5.73 Å². The second-order valence-corrected chi connectivity index (χ2v) is 5.58. The highest BCUT2D eigenvalue weighted by atomic mass is 19.1. The van der Waals surface area contributed by atoms with Crippen LogP contribution in [0, 0.1) is 5.82 Å². The molecule has 3 nitrogen and oxygen atoms in total. The van der Waals surface area contributed by atoms with Crippen molar-refractivity contribution in [3.05, 3.63) is 29.6 Å². The van der Waals surface area contributed by atoms with E-state index in [0.29, 0.717) is 11.7 Å². The number of nitrogens with two attached hydrogens (primary N) is 1. The zero-order valence-corrected chi connectivity index (χ0v) is 12.1. The molecule has 0 bridgehead atoms. The average Bonchev–Trinajstić information content (AvgIpc) is 2.38. The Bertz CT molecular complexity index is 423. The Labute approximate surface area is 115 Å². The summed E-state index contributed by atoms with van der Waals surface area (Å²) in [5.41, 5.74) is 7.56. The molecule has 106 valence electrons. The van der Waals surface area contributed by atoms with Crippen LogP contribution in [0.5, 0.6) is 0 Å². The van der Waals surface area contributed by atoms with Crippen LogP contribution in [0.1, 0.15) is 32.4 Å². The van der Waals surface area contributed by atoms with Crippen molar-refractivity contribution in [2.75, 3.05) is 31.1 Å². The molecule has 2 N–H and O–H groups in total. The lowest BCUT2D eigenvalue weighted by atomic mass is 10.0. The molecule has 1 aliphatic rings. The Morgan fingerprint density at radius 3 is 2.26 bits per heavy atom. The lowest BCUT2D eigenvalue weighted by Gasteiger charge is -2.39. The van der Waals surface area contributed by atoms with Gasteiger partial charge in [-0.25, -0.2) is 4.39 Å². The van der Waals surface area contributed by atoms with Gasteiger partial charge >= 0.3 is 0 Å². The second-order valence-electron chi connectivity index (χ2n) is 5.58. The first kappa shape index (κ1) is 14.3. The topological polar surface area (TPSA) is 32.5 Å². The van der Waals surface area contributed by atoms with Crippen LogP contribution in [0.15, 0.2) is 18.2 Å². The first-order valence-electron chi connectivity index (χ1n) is 7.03. The van der Waals surface area contributed by atoms with E-state index in [1.54, 1.807) is 6.07 Å². The molecule has 0 radical (unpaired) electrons. The molecule has 0 amide bonds. The normalized spacial score (nSPS) is 18.9. The molecule has 0 aliphatic carbocycles. The molecule has 1 saturated heterocycles. The summed E-state index contributed by atoms with van der Waals surface area (Å²) in [7, 11) is 0. The number of hydrogen-bond donors (Lipinski definition) is 1. The Balaban J connectivity index is 2.19. The fraction of sp³-hybridized carbons (Fsp3) is 0.600. The van der Waals surface area contributed by atoms with E-state index in [9.17, 15) is 4.39 Å². The molecule has 1 fully saturated rings. The highest BCUT2D eigenvalue weighted by Crippen LogP contribution is 2.29. The van der Waals surface area contributed by atoms with Crippen molar-refractivity contribution >= 4 is 5.69 Å². The van der Waals surface area contributed by atoms with Gasteiger partial charge in [0.25, 0.3) is 0 Å². The van der Waals surface area contributed by atoms with Gasteiger partial charge in [0, 0.05) is 38.3 Å². The highest BCUT2D eigenvalue weighted by molar-refractivity contribution is 5.56. The molecule has 1 atom stereocenters. The Kier molecular flexibility index (Phi) is 4.42. The van der Waals surface area contributed by atoms with Gasteiger partial charge in [-0.1, -0.05) is 12.1 Å². The summed E-state index contributed by atoms with van der Waals surface area (Å²) >= 11 is 0. The minimum absolute atomic E-state index is 0.145. The van der Waals surface area contributed by atoms with Crippen molar-refractivity contribution in [2.45, 2.75) is 32.9 Å². The van der Waals surface area contributed by atoms with Crippen molar-refractivity contribution in [3.8, 4) is 0 Å². The summed E-state index contributed by atoms with van der Waals surface area (Å²) in [6, 6.07) is 5.60. The molecule has 1 aromatic rings. The van der Waals surface area contributed by atoms with Crippen LogP contribution in [-0.2, 0) is 0 Å². The predicted octanol–water partition coefficient (Wildman–Crippen LogP) is 2.38. The molecule has 0 spiro atoms. The number of anilines is 1. The Hall–Kier alpha value is -1.13. The average molecular weight is 265 g/mol. The zero-order valence-electron chi connectivity index (χ0n) is 12.1. The molecule has 1 heterocycles. The van der Waals surface area contributed by atoms with Gasteiger partial charge in [0.1, 0.15) is 5.82 Å². The lowest BCUT2D eigenvalue weighted by molar-refractivity contribution is 0.209. The molecule has 0 saturated carbocycles. The lowest BCUT2D eigenvalue weighted by Crippen LogP contribution is -2.49. The molecule has 1 aliphatic heterocycles. The number of piperazine rings is 1. The van der Waals surface area contributed by atoms with Gasteiger partial charge in [0.05, 0.1) is 5.69 Å². The molecular formula is C15H24FN3. The highest BCUT2D eigenvalue weighted by Gasteiger charge is 2.23. The van der Waals surface area contributed by atoms with E-state index in [1.165, 1.54) is 6.07 Å². The molecule has 2 rings (SSSR count). The summed E-state index contributed by atoms with van der Waals surface area (Å²) in [4.78, 5) is 4.55. The monoisotopic (exact) mass is 265 g/mol. The summed E-state index contributed by atoms with van der Waals surface area (Å²) in [6.07, 6.45) is 0. The molecule has 0 unspecified atom stereocenters. The van der Waals surface area contributed by atoms with Crippen LogP contribution in [0.25, 0.3) is 0 Å².